The molecule has 5 N–H and O–H groups in total. The summed E-state index contributed by atoms with van der Waals surface area (Å²) < 4.78 is 8.77. The molecule has 0 aromatic rings. The number of hydrogen-bond acceptors (Lipinski definition) is 3. The predicted molar refractivity (Wildman–Crippen MR) is 22.8 cm³/mol. The Hall–Kier alpha value is 0.462. The molecule has 0 spiro atoms. The Balaban J connectivity index is -0.0000000133. The van der Waals surface area contributed by atoms with E-state index < -0.39 is 7.82 Å². The minimum atomic E-state index is -4.89. The summed E-state index contributed by atoms with van der Waals surface area (Å²) in [5.41, 5.74) is 0. The van der Waals surface area contributed by atoms with Crippen molar-refractivity contribution in [3.63, 3.8) is 0 Å². The van der Waals surface area contributed by atoms with E-state index in [1.165, 1.54) is 0 Å². The first-order valence-corrected chi connectivity index (χ1v) is 2.30. The quantitative estimate of drug-likeness (QED) is 0.252. The van der Waals surface area contributed by atoms with Crippen molar-refractivity contribution in [3.8, 4) is 0 Å². The van der Waals surface area contributed by atoms with E-state index in [2.05, 4.69) is 0 Å². The summed E-state index contributed by atoms with van der Waals surface area (Å²) in [6, 6.07) is 0. The maximum atomic E-state index is 8.77. The standard InChI is InChI=1S/Al.2FH.H3N.H3O4P/c;;;;1-5(2,3)4/h;2*1H;1H3;(H3,1,2,3,4)/q+3;;;;/p-3. The third kappa shape index (κ3) is 1650. The minimum Gasteiger partial charge on any atom is -1.00 e. The van der Waals surface area contributed by atoms with Crippen LogP contribution in [0.15, 0.2) is 0 Å². The third-order valence-corrected chi connectivity index (χ3v) is 0. The fourth-order valence-electron chi connectivity index (χ4n) is 0. The van der Waals surface area contributed by atoms with E-state index in [1.807, 2.05) is 0 Å². The van der Waals surface area contributed by atoms with Crippen LogP contribution in [0.3, 0.4) is 0 Å². The molecule has 9 heavy (non-hydrogen) atoms. The molecule has 5 nitrogen and oxygen atoms in total. The van der Waals surface area contributed by atoms with Gasteiger partial charge in [0.2, 0.25) is 0 Å². The number of rotatable bonds is 0. The van der Waals surface area contributed by atoms with E-state index in [1.54, 1.807) is 0 Å². The van der Waals surface area contributed by atoms with Crippen LogP contribution in [0.25, 0.3) is 0 Å². The van der Waals surface area contributed by atoms with Crippen molar-refractivity contribution in [1.82, 2.24) is 6.15 Å². The molecule has 0 aliphatic rings. The Kier molecular flexibility index (Phi) is 42.7. The Bertz CT molecular complexity index is 64.7. The van der Waals surface area contributed by atoms with Gasteiger partial charge in [-0.05, 0) is 0 Å². The summed E-state index contributed by atoms with van der Waals surface area (Å²) in [5.74, 6) is 0. The smallest absolute Gasteiger partial charge is 1.00 e. The van der Waals surface area contributed by atoms with Crippen molar-refractivity contribution in [2.24, 2.45) is 0 Å². The molecule has 0 atom stereocenters. The second-order valence-corrected chi connectivity index (χ2v) is 1.47. The van der Waals surface area contributed by atoms with Gasteiger partial charge in [0.15, 0.2) is 0 Å². The Labute approximate surface area is 60.8 Å². The Morgan fingerprint density at radius 3 is 1.22 bits per heavy atom. The molecule has 0 aromatic heterocycles. The fraction of sp³-hybridized carbons (Fsp3) is 0. The SMILES string of the molecule is N.O=P([O-])(O)O.[Al+3].[F-].[F-]. The monoisotopic (exact) mass is 179 g/mol. The summed E-state index contributed by atoms with van der Waals surface area (Å²) in [7, 11) is -4.89. The number of halogens is 2. The maximum Gasteiger partial charge on any atom is 3.00 e. The van der Waals surface area contributed by atoms with Gasteiger partial charge in [0.25, 0.3) is 7.82 Å². The molecule has 0 amide bonds. The average Bonchev–Trinajstić information content (AvgIpc) is 0.722. The Morgan fingerprint density at radius 2 is 1.22 bits per heavy atom. The van der Waals surface area contributed by atoms with Crippen LogP contribution < -0.4 is 20.5 Å². The van der Waals surface area contributed by atoms with Crippen LogP contribution in [-0.4, -0.2) is 27.1 Å². The summed E-state index contributed by atoms with van der Waals surface area (Å²) in [5, 5.41) is 0. The second kappa shape index (κ2) is 11.3. The van der Waals surface area contributed by atoms with Gasteiger partial charge in [0.1, 0.15) is 0 Å². The largest absolute Gasteiger partial charge is 3.00 e. The summed E-state index contributed by atoms with van der Waals surface area (Å²) in [6.45, 7) is 0. The van der Waals surface area contributed by atoms with Gasteiger partial charge in [-0.3, -0.25) is 4.57 Å². The van der Waals surface area contributed by atoms with Gasteiger partial charge in [0.05, 0.1) is 0 Å². The first kappa shape index (κ1) is 34.0. The van der Waals surface area contributed by atoms with Gasteiger partial charge in [-0.15, -0.1) is 0 Å². The molecule has 0 saturated heterocycles. The zero-order valence-electron chi connectivity index (χ0n) is 4.20. The number of hydrogen-bond donors (Lipinski definition) is 3. The number of phosphoric acid groups is 1. The van der Waals surface area contributed by atoms with Crippen molar-refractivity contribution in [2.75, 3.05) is 0 Å². The van der Waals surface area contributed by atoms with E-state index in [9.17, 15) is 0 Å². The minimum absolute atomic E-state index is 0. The van der Waals surface area contributed by atoms with E-state index in [0.29, 0.717) is 0 Å². The molecular formula is H5AlF2NO4P. The van der Waals surface area contributed by atoms with Crippen molar-refractivity contribution in [1.29, 1.82) is 0 Å². The summed E-state index contributed by atoms with van der Waals surface area (Å²) in [6.07, 6.45) is 0. The van der Waals surface area contributed by atoms with Gasteiger partial charge in [-0.25, -0.2) is 0 Å². The van der Waals surface area contributed by atoms with E-state index in [4.69, 9.17) is 19.2 Å². The van der Waals surface area contributed by atoms with Crippen LogP contribution in [-0.2, 0) is 4.57 Å². The van der Waals surface area contributed by atoms with E-state index in [0.717, 1.165) is 0 Å². The van der Waals surface area contributed by atoms with Crippen LogP contribution >= 0.6 is 7.82 Å². The van der Waals surface area contributed by atoms with E-state index >= 15 is 0 Å². The van der Waals surface area contributed by atoms with Crippen LogP contribution in [0.1, 0.15) is 0 Å². The van der Waals surface area contributed by atoms with Gasteiger partial charge in [0, 0.05) is 0 Å². The molecule has 0 aromatic carbocycles. The normalized spacial score (nSPS) is 6.56. The van der Waals surface area contributed by atoms with Gasteiger partial charge in [-0.2, -0.15) is 0 Å². The van der Waals surface area contributed by atoms with Crippen molar-refractivity contribution < 1.29 is 28.7 Å². The van der Waals surface area contributed by atoms with Gasteiger partial charge < -0.3 is 30.2 Å². The molecule has 9 heteroatoms. The summed E-state index contributed by atoms with van der Waals surface area (Å²) >= 11 is 0. The summed E-state index contributed by atoms with van der Waals surface area (Å²) in [4.78, 5) is 22.9. The van der Waals surface area contributed by atoms with Crippen molar-refractivity contribution in [2.45, 2.75) is 0 Å². The molecule has 0 aliphatic carbocycles. The van der Waals surface area contributed by atoms with Crippen molar-refractivity contribution >= 4 is 25.2 Å². The molecule has 0 rings (SSSR count). The van der Waals surface area contributed by atoms with Crippen LogP contribution in [0.2, 0.25) is 0 Å². The molecule has 0 heterocycles. The predicted octanol–water partition coefficient (Wildman–Crippen LogP) is -7.77. The van der Waals surface area contributed by atoms with Crippen LogP contribution in [0.5, 0.6) is 0 Å². The molecule has 0 fully saturated rings. The van der Waals surface area contributed by atoms with Crippen molar-refractivity contribution in [3.05, 3.63) is 0 Å². The van der Waals surface area contributed by atoms with Crippen LogP contribution in [0.4, 0.5) is 0 Å². The maximum absolute atomic E-state index is 8.77. The first-order chi connectivity index (χ1) is 2.00. The molecule has 56 valence electrons. The van der Waals surface area contributed by atoms with E-state index in [-0.39, 0.29) is 32.9 Å². The third-order valence-electron chi connectivity index (χ3n) is 0. The molecule has 0 saturated carbocycles. The topological polar surface area (TPSA) is 116 Å². The average molecular weight is 179 g/mol. The molecule has 0 bridgehead atoms. The Morgan fingerprint density at radius 1 is 1.22 bits per heavy atom. The molecule has 0 radical (unpaired) electrons. The second-order valence-electron chi connectivity index (χ2n) is 0.491. The van der Waals surface area contributed by atoms with Gasteiger partial charge in [-0.1, -0.05) is 0 Å². The fourth-order valence-corrected chi connectivity index (χ4v) is 0. The molecule has 0 unspecified atom stereocenters. The zero-order chi connectivity index (χ0) is 4.50. The first-order valence-electron chi connectivity index (χ1n) is 0.765. The van der Waals surface area contributed by atoms with Gasteiger partial charge >= 0.3 is 17.4 Å². The molecule has 0 aliphatic heterocycles. The van der Waals surface area contributed by atoms with Crippen LogP contribution in [0, 0.1) is 0 Å². The molecular weight excluding hydrogens is 174 g/mol. The zero-order valence-corrected chi connectivity index (χ0v) is 6.25.